The van der Waals surface area contributed by atoms with Gasteiger partial charge in [-0.25, -0.2) is 4.79 Å². The van der Waals surface area contributed by atoms with Crippen molar-refractivity contribution >= 4 is 5.97 Å². The van der Waals surface area contributed by atoms with E-state index >= 15 is 0 Å². The molecule has 2 rings (SSSR count). The first-order valence-corrected chi connectivity index (χ1v) is 4.37. The van der Waals surface area contributed by atoms with Crippen molar-refractivity contribution in [1.29, 1.82) is 0 Å². The average molecular weight is 210 g/mol. The SMILES string of the molecule is COC(=O)C1(O)COc2ccccc2O1. The molecule has 0 fully saturated rings. The fraction of sp³-hybridized carbons (Fsp3) is 0.300. The number of rotatable bonds is 1. The summed E-state index contributed by atoms with van der Waals surface area (Å²) in [6, 6.07) is 6.77. The van der Waals surface area contributed by atoms with Crippen molar-refractivity contribution in [3.63, 3.8) is 0 Å². The van der Waals surface area contributed by atoms with Gasteiger partial charge in [-0.3, -0.25) is 0 Å². The molecule has 1 aliphatic rings. The number of hydrogen-bond donors (Lipinski definition) is 1. The number of ether oxygens (including phenoxy) is 3. The van der Waals surface area contributed by atoms with E-state index in [1.54, 1.807) is 24.3 Å². The number of hydrogen-bond acceptors (Lipinski definition) is 5. The second-order valence-electron chi connectivity index (χ2n) is 3.11. The van der Waals surface area contributed by atoms with Crippen LogP contribution < -0.4 is 9.47 Å². The standard InChI is InChI=1S/C10H10O5/c1-13-9(11)10(12)6-14-7-4-2-3-5-8(7)15-10/h2-5,12H,6H2,1H3. The molecule has 0 aromatic heterocycles. The molecule has 15 heavy (non-hydrogen) atoms. The first-order valence-electron chi connectivity index (χ1n) is 4.37. The Morgan fingerprint density at radius 2 is 2.13 bits per heavy atom. The molecule has 1 heterocycles. The highest BCUT2D eigenvalue weighted by atomic mass is 16.7. The smallest absolute Gasteiger partial charge is 0.383 e. The number of esters is 1. The maximum absolute atomic E-state index is 11.2. The van der Waals surface area contributed by atoms with Crippen LogP contribution in [0.3, 0.4) is 0 Å². The van der Waals surface area contributed by atoms with E-state index in [9.17, 15) is 9.90 Å². The highest BCUT2D eigenvalue weighted by Gasteiger charge is 2.44. The summed E-state index contributed by atoms with van der Waals surface area (Å²) in [5.41, 5.74) is 0. The van der Waals surface area contributed by atoms with Crippen molar-refractivity contribution in [3.05, 3.63) is 24.3 Å². The van der Waals surface area contributed by atoms with Gasteiger partial charge in [0.25, 0.3) is 0 Å². The molecule has 0 saturated heterocycles. The highest BCUT2D eigenvalue weighted by Crippen LogP contribution is 2.34. The van der Waals surface area contributed by atoms with Gasteiger partial charge >= 0.3 is 11.8 Å². The summed E-state index contributed by atoms with van der Waals surface area (Å²) in [7, 11) is 1.17. The number of carbonyl (C=O) groups excluding carboxylic acids is 1. The molecule has 5 nitrogen and oxygen atoms in total. The van der Waals surface area contributed by atoms with Crippen LogP contribution >= 0.6 is 0 Å². The number of para-hydroxylation sites is 2. The van der Waals surface area contributed by atoms with Crippen molar-refractivity contribution < 1.29 is 24.1 Å². The molecular formula is C10H10O5. The normalized spacial score (nSPS) is 23.3. The van der Waals surface area contributed by atoms with Crippen LogP contribution in [0.1, 0.15) is 0 Å². The molecule has 0 radical (unpaired) electrons. The summed E-state index contributed by atoms with van der Waals surface area (Å²) in [4.78, 5) is 11.2. The molecule has 1 atom stereocenters. The van der Waals surface area contributed by atoms with E-state index in [-0.39, 0.29) is 6.61 Å². The predicted octanol–water partition coefficient (Wildman–Crippen LogP) is 0.319. The lowest BCUT2D eigenvalue weighted by atomic mass is 10.2. The fourth-order valence-corrected chi connectivity index (χ4v) is 1.30. The van der Waals surface area contributed by atoms with Crippen molar-refractivity contribution in [2.45, 2.75) is 5.79 Å². The molecule has 1 aromatic rings. The number of fused-ring (bicyclic) bond motifs is 1. The molecule has 0 spiro atoms. The monoisotopic (exact) mass is 210 g/mol. The van der Waals surface area contributed by atoms with E-state index in [1.165, 1.54) is 7.11 Å². The van der Waals surface area contributed by atoms with Gasteiger partial charge in [0.05, 0.1) is 7.11 Å². The Morgan fingerprint density at radius 1 is 1.47 bits per heavy atom. The number of aliphatic hydroxyl groups is 1. The number of carbonyl (C=O) groups is 1. The molecule has 5 heteroatoms. The lowest BCUT2D eigenvalue weighted by molar-refractivity contribution is -0.211. The maximum Gasteiger partial charge on any atom is 0.383 e. The van der Waals surface area contributed by atoms with E-state index < -0.39 is 11.8 Å². The van der Waals surface area contributed by atoms with Crippen molar-refractivity contribution in [1.82, 2.24) is 0 Å². The minimum Gasteiger partial charge on any atom is -0.482 e. The second-order valence-corrected chi connectivity index (χ2v) is 3.11. The zero-order chi connectivity index (χ0) is 10.9. The van der Waals surface area contributed by atoms with Gasteiger partial charge in [0, 0.05) is 0 Å². The molecule has 0 saturated carbocycles. The van der Waals surface area contributed by atoms with Crippen LogP contribution in [0, 0.1) is 0 Å². The van der Waals surface area contributed by atoms with Crippen LogP contribution in [0.25, 0.3) is 0 Å². The van der Waals surface area contributed by atoms with E-state index in [1.807, 2.05) is 0 Å². The summed E-state index contributed by atoms with van der Waals surface area (Å²) < 4.78 is 14.7. The highest BCUT2D eigenvalue weighted by molar-refractivity contribution is 5.78. The minimum absolute atomic E-state index is 0.281. The number of methoxy groups -OCH3 is 1. The molecule has 0 aliphatic carbocycles. The Kier molecular flexibility index (Phi) is 2.24. The zero-order valence-electron chi connectivity index (χ0n) is 8.10. The van der Waals surface area contributed by atoms with Crippen LogP contribution in [-0.2, 0) is 9.53 Å². The van der Waals surface area contributed by atoms with Gasteiger partial charge in [-0.1, -0.05) is 12.1 Å². The average Bonchev–Trinajstić information content (AvgIpc) is 2.27. The van der Waals surface area contributed by atoms with Gasteiger partial charge in [0.2, 0.25) is 0 Å². The summed E-state index contributed by atoms with van der Waals surface area (Å²) in [6.07, 6.45) is 0. The Hall–Kier alpha value is -1.75. The first kappa shape index (κ1) is 9.79. The summed E-state index contributed by atoms with van der Waals surface area (Å²) in [5.74, 6) is -2.12. The molecule has 80 valence electrons. The third-order valence-corrected chi connectivity index (χ3v) is 2.06. The summed E-state index contributed by atoms with van der Waals surface area (Å²) in [5, 5.41) is 9.76. The van der Waals surface area contributed by atoms with Crippen molar-refractivity contribution in [2.75, 3.05) is 13.7 Å². The molecule has 1 N–H and O–H groups in total. The van der Waals surface area contributed by atoms with Gasteiger partial charge in [-0.05, 0) is 12.1 Å². The Balaban J connectivity index is 2.28. The van der Waals surface area contributed by atoms with Crippen LogP contribution in [0.4, 0.5) is 0 Å². The maximum atomic E-state index is 11.2. The number of benzene rings is 1. The summed E-state index contributed by atoms with van der Waals surface area (Å²) in [6.45, 7) is -0.281. The third-order valence-electron chi connectivity index (χ3n) is 2.06. The van der Waals surface area contributed by atoms with Crippen LogP contribution in [0.5, 0.6) is 11.5 Å². The zero-order valence-corrected chi connectivity index (χ0v) is 8.10. The topological polar surface area (TPSA) is 65.0 Å². The van der Waals surface area contributed by atoms with Gasteiger partial charge in [0.15, 0.2) is 18.1 Å². The quantitative estimate of drug-likeness (QED) is 0.676. The van der Waals surface area contributed by atoms with Crippen LogP contribution in [0.2, 0.25) is 0 Å². The van der Waals surface area contributed by atoms with Gasteiger partial charge in [-0.15, -0.1) is 0 Å². The van der Waals surface area contributed by atoms with E-state index in [0.29, 0.717) is 11.5 Å². The Labute approximate surface area is 86.2 Å². The van der Waals surface area contributed by atoms with Crippen LogP contribution in [0.15, 0.2) is 24.3 Å². The van der Waals surface area contributed by atoms with E-state index in [0.717, 1.165) is 0 Å². The van der Waals surface area contributed by atoms with Crippen LogP contribution in [-0.4, -0.2) is 30.6 Å². The Morgan fingerprint density at radius 3 is 2.80 bits per heavy atom. The fourth-order valence-electron chi connectivity index (χ4n) is 1.30. The molecular weight excluding hydrogens is 200 g/mol. The minimum atomic E-state index is -2.05. The predicted molar refractivity (Wildman–Crippen MR) is 49.5 cm³/mol. The van der Waals surface area contributed by atoms with E-state index in [4.69, 9.17) is 9.47 Å². The Bertz CT molecular complexity index is 389. The van der Waals surface area contributed by atoms with Gasteiger partial charge < -0.3 is 19.3 Å². The van der Waals surface area contributed by atoms with Crippen molar-refractivity contribution in [3.8, 4) is 11.5 Å². The first-order chi connectivity index (χ1) is 7.15. The largest absolute Gasteiger partial charge is 0.482 e. The lowest BCUT2D eigenvalue weighted by Crippen LogP contribution is -2.52. The lowest BCUT2D eigenvalue weighted by Gasteiger charge is -2.31. The third kappa shape index (κ3) is 1.61. The molecule has 1 aliphatic heterocycles. The molecule has 0 amide bonds. The van der Waals surface area contributed by atoms with Crippen molar-refractivity contribution in [2.24, 2.45) is 0 Å². The summed E-state index contributed by atoms with van der Waals surface area (Å²) >= 11 is 0. The molecule has 1 aromatic carbocycles. The molecule has 1 unspecified atom stereocenters. The second kappa shape index (κ2) is 3.43. The molecule has 0 bridgehead atoms. The van der Waals surface area contributed by atoms with Gasteiger partial charge in [0.1, 0.15) is 0 Å². The van der Waals surface area contributed by atoms with Gasteiger partial charge in [-0.2, -0.15) is 0 Å². The van der Waals surface area contributed by atoms with E-state index in [2.05, 4.69) is 4.74 Å².